The standard InChI is InChI=1S/C23H20N2/c1-2-25-17-20(22-10-6-7-11-23(22)25)16-24-21-14-12-19(13-15-21)18-8-4-3-5-9-18/h3-17H,2H2,1H3. The van der Waals surface area contributed by atoms with Crippen molar-refractivity contribution in [2.45, 2.75) is 13.5 Å². The van der Waals surface area contributed by atoms with Gasteiger partial charge >= 0.3 is 0 Å². The van der Waals surface area contributed by atoms with Crippen molar-refractivity contribution in [2.24, 2.45) is 4.99 Å². The molecule has 25 heavy (non-hydrogen) atoms. The molecule has 0 atom stereocenters. The molecule has 3 aromatic carbocycles. The lowest BCUT2D eigenvalue weighted by molar-refractivity contribution is 0.797. The third-order valence-corrected chi connectivity index (χ3v) is 4.49. The Labute approximate surface area is 148 Å². The molecule has 1 heterocycles. The fourth-order valence-electron chi connectivity index (χ4n) is 3.15. The van der Waals surface area contributed by atoms with E-state index in [1.54, 1.807) is 0 Å². The maximum atomic E-state index is 4.67. The number of hydrogen-bond acceptors (Lipinski definition) is 1. The molecule has 0 unspecified atom stereocenters. The van der Waals surface area contributed by atoms with Crippen LogP contribution in [0.25, 0.3) is 22.0 Å². The molecule has 4 rings (SSSR count). The topological polar surface area (TPSA) is 17.3 Å². The summed E-state index contributed by atoms with van der Waals surface area (Å²) in [5.41, 5.74) is 5.81. The Bertz CT molecular complexity index is 1010. The van der Waals surface area contributed by atoms with Crippen LogP contribution in [0, 0.1) is 0 Å². The second-order valence-corrected chi connectivity index (χ2v) is 6.06. The first kappa shape index (κ1) is 15.4. The van der Waals surface area contributed by atoms with E-state index in [9.17, 15) is 0 Å². The number of rotatable bonds is 4. The molecule has 0 fully saturated rings. The van der Waals surface area contributed by atoms with Crippen LogP contribution in [0.4, 0.5) is 5.69 Å². The van der Waals surface area contributed by atoms with Crippen molar-refractivity contribution in [3.05, 3.63) is 90.6 Å². The quantitative estimate of drug-likeness (QED) is 0.405. The van der Waals surface area contributed by atoms with Gasteiger partial charge in [0.05, 0.1) is 5.69 Å². The average molecular weight is 324 g/mol. The van der Waals surface area contributed by atoms with Gasteiger partial charge < -0.3 is 4.57 Å². The van der Waals surface area contributed by atoms with Crippen LogP contribution < -0.4 is 0 Å². The Morgan fingerprint density at radius 1 is 0.800 bits per heavy atom. The van der Waals surface area contributed by atoms with E-state index in [1.807, 2.05) is 12.3 Å². The summed E-state index contributed by atoms with van der Waals surface area (Å²) in [4.78, 5) is 4.67. The van der Waals surface area contributed by atoms with Crippen molar-refractivity contribution in [1.29, 1.82) is 0 Å². The lowest BCUT2D eigenvalue weighted by Gasteiger charge is -2.01. The van der Waals surface area contributed by atoms with Gasteiger partial charge in [0.1, 0.15) is 0 Å². The molecule has 0 aliphatic heterocycles. The highest BCUT2D eigenvalue weighted by Gasteiger charge is 2.04. The van der Waals surface area contributed by atoms with Gasteiger partial charge in [-0.1, -0.05) is 60.7 Å². The minimum atomic E-state index is 0.958. The van der Waals surface area contributed by atoms with Gasteiger partial charge in [0.15, 0.2) is 0 Å². The van der Waals surface area contributed by atoms with E-state index in [1.165, 1.54) is 22.0 Å². The van der Waals surface area contributed by atoms with E-state index >= 15 is 0 Å². The van der Waals surface area contributed by atoms with Crippen molar-refractivity contribution in [2.75, 3.05) is 0 Å². The molecule has 0 radical (unpaired) electrons. The van der Waals surface area contributed by atoms with E-state index in [2.05, 4.69) is 95.5 Å². The molecular formula is C23H20N2. The molecule has 0 N–H and O–H groups in total. The number of fused-ring (bicyclic) bond motifs is 1. The van der Waals surface area contributed by atoms with Crippen LogP contribution in [0.5, 0.6) is 0 Å². The Balaban J connectivity index is 1.62. The van der Waals surface area contributed by atoms with E-state index in [4.69, 9.17) is 0 Å². The van der Waals surface area contributed by atoms with Crippen molar-refractivity contribution in [3.8, 4) is 11.1 Å². The third-order valence-electron chi connectivity index (χ3n) is 4.49. The molecule has 0 bridgehead atoms. The Morgan fingerprint density at radius 3 is 2.24 bits per heavy atom. The summed E-state index contributed by atoms with van der Waals surface area (Å²) < 4.78 is 2.26. The third kappa shape index (κ3) is 3.11. The molecular weight excluding hydrogens is 304 g/mol. The second kappa shape index (κ2) is 6.78. The minimum absolute atomic E-state index is 0.958. The summed E-state index contributed by atoms with van der Waals surface area (Å²) in [7, 11) is 0. The fraction of sp³-hybridized carbons (Fsp3) is 0.0870. The maximum Gasteiger partial charge on any atom is 0.0630 e. The normalized spacial score (nSPS) is 11.4. The van der Waals surface area contributed by atoms with Gasteiger partial charge in [0.25, 0.3) is 0 Å². The Hall–Kier alpha value is -3.13. The van der Waals surface area contributed by atoms with E-state index in [0.717, 1.165) is 17.8 Å². The summed E-state index contributed by atoms with van der Waals surface area (Å²) in [5.74, 6) is 0. The first-order valence-corrected chi connectivity index (χ1v) is 8.62. The zero-order chi connectivity index (χ0) is 17.1. The van der Waals surface area contributed by atoms with Crippen LogP contribution >= 0.6 is 0 Å². The molecule has 0 saturated heterocycles. The smallest absolute Gasteiger partial charge is 0.0630 e. The Kier molecular flexibility index (Phi) is 4.17. The van der Waals surface area contributed by atoms with Crippen LogP contribution in [-0.4, -0.2) is 10.8 Å². The highest BCUT2D eigenvalue weighted by atomic mass is 14.9. The predicted octanol–water partition coefficient (Wildman–Crippen LogP) is 6.08. The number of aliphatic imine (C=N–C) groups is 1. The van der Waals surface area contributed by atoms with E-state index in [0.29, 0.717) is 0 Å². The van der Waals surface area contributed by atoms with Crippen LogP contribution in [0.3, 0.4) is 0 Å². The van der Waals surface area contributed by atoms with E-state index in [-0.39, 0.29) is 0 Å². The molecule has 122 valence electrons. The molecule has 4 aromatic rings. The van der Waals surface area contributed by atoms with Gasteiger partial charge in [-0.3, -0.25) is 4.99 Å². The molecule has 0 spiro atoms. The lowest BCUT2D eigenvalue weighted by Crippen LogP contribution is -1.89. The molecule has 2 nitrogen and oxygen atoms in total. The first-order chi connectivity index (χ1) is 12.3. The summed E-state index contributed by atoms with van der Waals surface area (Å²) in [5, 5.41) is 1.24. The molecule has 0 amide bonds. The molecule has 0 saturated carbocycles. The second-order valence-electron chi connectivity index (χ2n) is 6.06. The van der Waals surface area contributed by atoms with E-state index < -0.39 is 0 Å². The van der Waals surface area contributed by atoms with Crippen molar-refractivity contribution < 1.29 is 0 Å². The van der Waals surface area contributed by atoms with Gasteiger partial charge in [0.2, 0.25) is 0 Å². The lowest BCUT2D eigenvalue weighted by atomic mass is 10.1. The summed E-state index contributed by atoms with van der Waals surface area (Å²) in [6, 6.07) is 27.3. The number of benzene rings is 3. The van der Waals surface area contributed by atoms with Crippen LogP contribution in [-0.2, 0) is 6.54 Å². The first-order valence-electron chi connectivity index (χ1n) is 8.62. The van der Waals surface area contributed by atoms with Crippen LogP contribution in [0.15, 0.2) is 90.1 Å². The molecule has 0 aliphatic rings. The summed E-state index contributed by atoms with van der Waals surface area (Å²) in [6.45, 7) is 3.12. The number of aromatic nitrogens is 1. The number of hydrogen-bond donors (Lipinski definition) is 0. The van der Waals surface area contributed by atoms with Gasteiger partial charge in [-0.15, -0.1) is 0 Å². The van der Waals surface area contributed by atoms with Crippen LogP contribution in [0.2, 0.25) is 0 Å². The summed E-state index contributed by atoms with van der Waals surface area (Å²) >= 11 is 0. The number of aryl methyl sites for hydroxylation is 1. The number of nitrogens with zero attached hydrogens (tertiary/aromatic N) is 2. The molecule has 0 aliphatic carbocycles. The van der Waals surface area contributed by atoms with Gasteiger partial charge in [-0.05, 0) is 36.2 Å². The largest absolute Gasteiger partial charge is 0.347 e. The highest BCUT2D eigenvalue weighted by Crippen LogP contribution is 2.24. The monoisotopic (exact) mass is 324 g/mol. The van der Waals surface area contributed by atoms with Crippen molar-refractivity contribution in [3.63, 3.8) is 0 Å². The van der Waals surface area contributed by atoms with Crippen LogP contribution in [0.1, 0.15) is 12.5 Å². The zero-order valence-corrected chi connectivity index (χ0v) is 14.3. The highest BCUT2D eigenvalue weighted by molar-refractivity contribution is 6.00. The maximum absolute atomic E-state index is 4.67. The average Bonchev–Trinajstić information content (AvgIpc) is 3.05. The molecule has 2 heteroatoms. The fourth-order valence-corrected chi connectivity index (χ4v) is 3.15. The minimum Gasteiger partial charge on any atom is -0.347 e. The SMILES string of the molecule is CCn1cc(C=Nc2ccc(-c3ccccc3)cc2)c2ccccc21. The van der Waals surface area contributed by atoms with Crippen molar-refractivity contribution >= 4 is 22.8 Å². The Morgan fingerprint density at radius 2 is 1.48 bits per heavy atom. The predicted molar refractivity (Wildman–Crippen MR) is 107 cm³/mol. The summed E-state index contributed by atoms with van der Waals surface area (Å²) in [6.07, 6.45) is 4.14. The number of para-hydroxylation sites is 1. The molecule has 1 aromatic heterocycles. The van der Waals surface area contributed by atoms with Crippen molar-refractivity contribution in [1.82, 2.24) is 4.57 Å². The van der Waals surface area contributed by atoms with Gasteiger partial charge in [-0.25, -0.2) is 0 Å². The van der Waals surface area contributed by atoms with Gasteiger partial charge in [-0.2, -0.15) is 0 Å². The zero-order valence-electron chi connectivity index (χ0n) is 14.3. The van der Waals surface area contributed by atoms with Gasteiger partial charge in [0, 0.05) is 35.4 Å².